The first-order valence-corrected chi connectivity index (χ1v) is 10.2. The SMILES string of the molecule is COCCCOc1cc(CCc2ccccc2Cl)cc(C(=O)Nc2ccn(C)n2)c1. The van der Waals surface area contributed by atoms with Crippen molar-refractivity contribution in [1.82, 2.24) is 9.78 Å². The van der Waals surface area contributed by atoms with Gasteiger partial charge in [0.05, 0.1) is 6.61 Å². The van der Waals surface area contributed by atoms with Gasteiger partial charge in [-0.15, -0.1) is 0 Å². The van der Waals surface area contributed by atoms with Crippen LogP contribution in [-0.2, 0) is 24.6 Å². The van der Waals surface area contributed by atoms with Gasteiger partial charge in [-0.05, 0) is 48.2 Å². The van der Waals surface area contributed by atoms with E-state index in [1.807, 2.05) is 36.4 Å². The molecule has 1 N–H and O–H groups in total. The van der Waals surface area contributed by atoms with Crippen LogP contribution in [0.2, 0.25) is 5.02 Å². The van der Waals surface area contributed by atoms with Gasteiger partial charge >= 0.3 is 0 Å². The minimum Gasteiger partial charge on any atom is -0.493 e. The highest BCUT2D eigenvalue weighted by Crippen LogP contribution is 2.22. The zero-order valence-electron chi connectivity index (χ0n) is 17.2. The van der Waals surface area contributed by atoms with Crippen LogP contribution < -0.4 is 10.1 Å². The normalized spacial score (nSPS) is 10.8. The van der Waals surface area contributed by atoms with Crippen molar-refractivity contribution in [2.75, 3.05) is 25.6 Å². The number of carbonyl (C=O) groups excluding carboxylic acids is 1. The van der Waals surface area contributed by atoms with E-state index in [9.17, 15) is 4.79 Å². The number of methoxy groups -OCH3 is 1. The Morgan fingerprint density at radius 3 is 2.70 bits per heavy atom. The van der Waals surface area contributed by atoms with Crippen molar-refractivity contribution in [3.63, 3.8) is 0 Å². The number of aryl methyl sites for hydroxylation is 3. The van der Waals surface area contributed by atoms with Crippen molar-refractivity contribution in [3.8, 4) is 5.75 Å². The minimum absolute atomic E-state index is 0.227. The maximum atomic E-state index is 12.8. The van der Waals surface area contributed by atoms with Gasteiger partial charge < -0.3 is 14.8 Å². The third-order valence-corrected chi connectivity index (χ3v) is 4.95. The van der Waals surface area contributed by atoms with E-state index < -0.39 is 0 Å². The van der Waals surface area contributed by atoms with E-state index in [0.717, 1.165) is 35.4 Å². The molecule has 0 aliphatic carbocycles. The van der Waals surface area contributed by atoms with Crippen molar-refractivity contribution in [2.45, 2.75) is 19.3 Å². The molecule has 0 saturated heterocycles. The molecule has 0 fully saturated rings. The van der Waals surface area contributed by atoms with E-state index in [0.29, 0.717) is 30.3 Å². The van der Waals surface area contributed by atoms with Crippen molar-refractivity contribution in [3.05, 3.63) is 76.4 Å². The van der Waals surface area contributed by atoms with Crippen molar-refractivity contribution in [2.24, 2.45) is 7.05 Å². The molecule has 0 radical (unpaired) electrons. The summed E-state index contributed by atoms with van der Waals surface area (Å²) in [6, 6.07) is 15.2. The Morgan fingerprint density at radius 1 is 1.13 bits per heavy atom. The highest BCUT2D eigenvalue weighted by molar-refractivity contribution is 6.31. The van der Waals surface area contributed by atoms with Crippen LogP contribution >= 0.6 is 11.6 Å². The summed E-state index contributed by atoms with van der Waals surface area (Å²) in [5.74, 6) is 0.940. The van der Waals surface area contributed by atoms with Crippen LogP contribution in [0.1, 0.15) is 27.9 Å². The number of aromatic nitrogens is 2. The fourth-order valence-corrected chi connectivity index (χ4v) is 3.29. The molecule has 0 saturated carbocycles. The molecule has 158 valence electrons. The molecule has 30 heavy (non-hydrogen) atoms. The van der Waals surface area contributed by atoms with Gasteiger partial charge in [-0.2, -0.15) is 5.10 Å². The van der Waals surface area contributed by atoms with Gasteiger partial charge in [-0.25, -0.2) is 0 Å². The highest BCUT2D eigenvalue weighted by atomic mass is 35.5. The second-order valence-electron chi connectivity index (χ2n) is 6.98. The number of ether oxygens (including phenoxy) is 2. The Morgan fingerprint density at radius 2 is 1.97 bits per heavy atom. The Labute approximate surface area is 181 Å². The maximum Gasteiger partial charge on any atom is 0.257 e. The monoisotopic (exact) mass is 427 g/mol. The molecule has 0 aliphatic heterocycles. The molecule has 0 aliphatic rings. The Balaban J connectivity index is 1.76. The molecular formula is C23H26ClN3O3. The summed E-state index contributed by atoms with van der Waals surface area (Å²) in [5.41, 5.74) is 2.61. The number of carbonyl (C=O) groups is 1. The van der Waals surface area contributed by atoms with Crippen LogP contribution in [0.15, 0.2) is 54.7 Å². The average Bonchev–Trinajstić information content (AvgIpc) is 3.15. The number of nitrogens with zero attached hydrogens (tertiary/aromatic N) is 2. The van der Waals surface area contributed by atoms with Gasteiger partial charge in [0.25, 0.3) is 5.91 Å². The van der Waals surface area contributed by atoms with Crippen molar-refractivity contribution >= 4 is 23.3 Å². The Hall–Kier alpha value is -2.83. The molecule has 1 amide bonds. The van der Waals surface area contributed by atoms with Gasteiger partial charge in [-0.3, -0.25) is 9.48 Å². The molecule has 1 heterocycles. The van der Waals surface area contributed by atoms with Gasteiger partial charge in [0.1, 0.15) is 5.75 Å². The fraction of sp³-hybridized carbons (Fsp3) is 0.304. The van der Waals surface area contributed by atoms with E-state index in [1.165, 1.54) is 0 Å². The predicted molar refractivity (Wildman–Crippen MR) is 118 cm³/mol. The summed E-state index contributed by atoms with van der Waals surface area (Å²) in [6.07, 6.45) is 4.06. The maximum absolute atomic E-state index is 12.8. The zero-order valence-corrected chi connectivity index (χ0v) is 18.0. The summed E-state index contributed by atoms with van der Waals surface area (Å²) in [7, 11) is 3.46. The van der Waals surface area contributed by atoms with Gasteiger partial charge in [0.15, 0.2) is 5.82 Å². The first kappa shape index (κ1) is 21.9. The van der Waals surface area contributed by atoms with E-state index >= 15 is 0 Å². The quantitative estimate of drug-likeness (QED) is 0.483. The van der Waals surface area contributed by atoms with Gasteiger partial charge in [0.2, 0.25) is 0 Å². The number of hydrogen-bond donors (Lipinski definition) is 1. The smallest absolute Gasteiger partial charge is 0.257 e. The number of halogens is 1. The van der Waals surface area contributed by atoms with Crippen molar-refractivity contribution in [1.29, 1.82) is 0 Å². The second-order valence-corrected chi connectivity index (χ2v) is 7.39. The molecule has 7 heteroatoms. The summed E-state index contributed by atoms with van der Waals surface area (Å²) >= 11 is 6.28. The van der Waals surface area contributed by atoms with Gasteiger partial charge in [0, 0.05) is 50.0 Å². The number of rotatable bonds is 10. The lowest BCUT2D eigenvalue weighted by Gasteiger charge is -2.12. The van der Waals surface area contributed by atoms with Crippen LogP contribution in [0.4, 0.5) is 5.82 Å². The molecule has 3 rings (SSSR count). The topological polar surface area (TPSA) is 65.4 Å². The highest BCUT2D eigenvalue weighted by Gasteiger charge is 2.12. The first-order chi connectivity index (χ1) is 14.5. The zero-order chi connectivity index (χ0) is 21.3. The molecule has 2 aromatic carbocycles. The number of amides is 1. The average molecular weight is 428 g/mol. The number of hydrogen-bond acceptors (Lipinski definition) is 4. The van der Waals surface area contributed by atoms with Gasteiger partial charge in [-0.1, -0.05) is 29.8 Å². The third-order valence-electron chi connectivity index (χ3n) is 4.59. The summed E-state index contributed by atoms with van der Waals surface area (Å²) in [4.78, 5) is 12.8. The molecule has 0 bridgehead atoms. The largest absolute Gasteiger partial charge is 0.493 e. The predicted octanol–water partition coefficient (Wildman–Crippen LogP) is 4.53. The second kappa shape index (κ2) is 10.8. The van der Waals surface area contributed by atoms with Crippen LogP contribution in [0, 0.1) is 0 Å². The number of benzene rings is 2. The van der Waals surface area contributed by atoms with Crippen LogP contribution in [0.5, 0.6) is 5.75 Å². The van der Waals surface area contributed by atoms with E-state index in [1.54, 1.807) is 37.2 Å². The lowest BCUT2D eigenvalue weighted by molar-refractivity contribution is 0.102. The lowest BCUT2D eigenvalue weighted by Crippen LogP contribution is -2.13. The Kier molecular flexibility index (Phi) is 7.88. The molecule has 0 spiro atoms. The fourth-order valence-electron chi connectivity index (χ4n) is 3.06. The van der Waals surface area contributed by atoms with Crippen molar-refractivity contribution < 1.29 is 14.3 Å². The standard InChI is InChI=1S/C23H26ClN3O3/c1-27-11-10-22(26-27)25-23(28)19-14-17(8-9-18-6-3-4-7-21(18)24)15-20(16-19)30-13-5-12-29-2/h3-4,6-7,10-11,14-16H,5,8-9,12-13H2,1-2H3,(H,25,26,28). The lowest BCUT2D eigenvalue weighted by atomic mass is 10.0. The van der Waals surface area contributed by atoms with E-state index in [4.69, 9.17) is 21.1 Å². The van der Waals surface area contributed by atoms with E-state index in [-0.39, 0.29) is 5.91 Å². The molecule has 0 atom stereocenters. The summed E-state index contributed by atoms with van der Waals surface area (Å²) in [5, 5.41) is 7.77. The first-order valence-electron chi connectivity index (χ1n) is 9.85. The molecule has 1 aromatic heterocycles. The Bertz CT molecular complexity index is 987. The molecule has 0 unspecified atom stereocenters. The molecule has 6 nitrogen and oxygen atoms in total. The minimum atomic E-state index is -0.227. The van der Waals surface area contributed by atoms with E-state index in [2.05, 4.69) is 10.4 Å². The number of anilines is 1. The third kappa shape index (κ3) is 6.34. The van der Waals surface area contributed by atoms with Crippen LogP contribution in [-0.4, -0.2) is 36.0 Å². The number of nitrogens with one attached hydrogen (secondary N) is 1. The summed E-state index contributed by atoms with van der Waals surface area (Å²) in [6.45, 7) is 1.14. The van der Waals surface area contributed by atoms with Crippen LogP contribution in [0.3, 0.4) is 0 Å². The van der Waals surface area contributed by atoms with Crippen LogP contribution in [0.25, 0.3) is 0 Å². The molecular weight excluding hydrogens is 402 g/mol. The molecule has 3 aromatic rings. The summed E-state index contributed by atoms with van der Waals surface area (Å²) < 4.78 is 12.6.